The molecule has 4 aromatic heterocycles. The highest BCUT2D eigenvalue weighted by molar-refractivity contribution is 6.39. The number of aromatic nitrogens is 4. The molecule has 12 rings (SSSR count). The van der Waals surface area contributed by atoms with Crippen molar-refractivity contribution in [3.05, 3.63) is 182 Å². The molecule has 0 aliphatic heterocycles. The molecule has 8 aromatic carbocycles. The Morgan fingerprint density at radius 1 is 0.389 bits per heavy atom. The zero-order valence-electron chi connectivity index (χ0n) is 29.0. The van der Waals surface area contributed by atoms with Gasteiger partial charge in [0, 0.05) is 54.9 Å². The Morgan fingerprint density at radius 2 is 0.944 bits per heavy atom. The molecule has 0 saturated carbocycles. The Kier molecular flexibility index (Phi) is 5.99. The summed E-state index contributed by atoms with van der Waals surface area (Å²) in [4.78, 5) is 5.16. The largest absolute Gasteiger partial charge is 0.454 e. The summed E-state index contributed by atoms with van der Waals surface area (Å²) in [7, 11) is 0. The van der Waals surface area contributed by atoms with Crippen molar-refractivity contribution in [3.63, 3.8) is 0 Å². The Morgan fingerprint density at radius 3 is 1.70 bits per heavy atom. The number of nitrogens with zero attached hydrogens (tertiary/aromatic N) is 4. The molecular weight excluding hydrogens is 661 g/mol. The van der Waals surface area contributed by atoms with Crippen LogP contribution < -0.4 is 0 Å². The van der Waals surface area contributed by atoms with Gasteiger partial charge in [-0.3, -0.25) is 4.57 Å². The first-order chi connectivity index (χ1) is 26.8. The van der Waals surface area contributed by atoms with E-state index in [0.29, 0.717) is 0 Å². The lowest BCUT2D eigenvalue weighted by Crippen LogP contribution is -2.01. The summed E-state index contributed by atoms with van der Waals surface area (Å²) >= 11 is 0. The standard InChI is InChI=1S/C49H30N4O/c1-3-16-31(17-4-1)49-50-38-25-10-13-28-41(38)53(49)34-21-15-20-33(30-34)52-39-26-11-7-22-35(39)43-44-37-24-9-14-29-42(37)54-48(44)47-45(46(43)52)36-23-8-12-27-40(36)51(47)32-18-5-2-6-19-32/h1-30H. The lowest BCUT2D eigenvalue weighted by atomic mass is 10.0. The number of hydrogen-bond donors (Lipinski definition) is 0. The maximum Gasteiger partial charge on any atom is 0.160 e. The van der Waals surface area contributed by atoms with Crippen molar-refractivity contribution >= 4 is 76.6 Å². The predicted octanol–water partition coefficient (Wildman–Crippen LogP) is 12.8. The quantitative estimate of drug-likeness (QED) is 0.184. The minimum Gasteiger partial charge on any atom is -0.454 e. The molecule has 0 unspecified atom stereocenters. The van der Waals surface area contributed by atoms with Gasteiger partial charge in [0.15, 0.2) is 5.58 Å². The van der Waals surface area contributed by atoms with Crippen molar-refractivity contribution in [1.29, 1.82) is 0 Å². The number of fused-ring (bicyclic) bond motifs is 13. The van der Waals surface area contributed by atoms with Crippen LogP contribution in [0.4, 0.5) is 0 Å². The van der Waals surface area contributed by atoms with Gasteiger partial charge >= 0.3 is 0 Å². The Labute approximate surface area is 309 Å². The second-order valence-electron chi connectivity index (χ2n) is 13.9. The number of benzene rings is 8. The maximum atomic E-state index is 6.95. The van der Waals surface area contributed by atoms with Gasteiger partial charge in [0.1, 0.15) is 11.4 Å². The molecule has 0 spiro atoms. The zero-order valence-corrected chi connectivity index (χ0v) is 29.0. The van der Waals surface area contributed by atoms with E-state index in [9.17, 15) is 0 Å². The lowest BCUT2D eigenvalue weighted by Gasteiger charge is -2.14. The smallest absolute Gasteiger partial charge is 0.160 e. The van der Waals surface area contributed by atoms with E-state index in [-0.39, 0.29) is 0 Å². The number of hydrogen-bond acceptors (Lipinski definition) is 2. The number of imidazole rings is 1. The summed E-state index contributed by atoms with van der Waals surface area (Å²) in [5.74, 6) is 0.913. The van der Waals surface area contributed by atoms with E-state index in [1.54, 1.807) is 0 Å². The van der Waals surface area contributed by atoms with Gasteiger partial charge in [-0.05, 0) is 60.7 Å². The van der Waals surface area contributed by atoms with Gasteiger partial charge in [0.05, 0.1) is 33.1 Å². The van der Waals surface area contributed by atoms with Crippen molar-refractivity contribution < 1.29 is 4.42 Å². The average Bonchev–Trinajstić information content (AvgIpc) is 3.99. The van der Waals surface area contributed by atoms with E-state index >= 15 is 0 Å². The first-order valence-electron chi connectivity index (χ1n) is 18.3. The third kappa shape index (κ3) is 3.95. The molecule has 0 amide bonds. The summed E-state index contributed by atoms with van der Waals surface area (Å²) in [6, 6.07) is 64.5. The minimum atomic E-state index is 0.880. The van der Waals surface area contributed by atoms with E-state index < -0.39 is 0 Å². The van der Waals surface area contributed by atoms with Crippen molar-refractivity contribution in [3.8, 4) is 28.5 Å². The molecule has 0 N–H and O–H groups in total. The van der Waals surface area contributed by atoms with Crippen LogP contribution in [-0.2, 0) is 0 Å². The van der Waals surface area contributed by atoms with E-state index in [0.717, 1.165) is 88.9 Å². The van der Waals surface area contributed by atoms with Crippen molar-refractivity contribution in [2.24, 2.45) is 0 Å². The molecule has 0 fully saturated rings. The van der Waals surface area contributed by atoms with Crippen LogP contribution in [0.25, 0.3) is 105 Å². The average molecular weight is 691 g/mol. The Hall–Kier alpha value is -7.37. The van der Waals surface area contributed by atoms with Crippen LogP contribution in [0, 0.1) is 0 Å². The van der Waals surface area contributed by atoms with Gasteiger partial charge in [-0.1, -0.05) is 121 Å². The minimum absolute atomic E-state index is 0.880. The number of para-hydroxylation sites is 6. The Balaban J connectivity index is 1.28. The molecule has 5 heteroatoms. The van der Waals surface area contributed by atoms with Crippen LogP contribution in [0.5, 0.6) is 0 Å². The molecule has 54 heavy (non-hydrogen) atoms. The molecule has 0 radical (unpaired) electrons. The summed E-state index contributed by atoms with van der Waals surface area (Å²) < 4.78 is 14.1. The highest BCUT2D eigenvalue weighted by Crippen LogP contribution is 2.49. The van der Waals surface area contributed by atoms with E-state index in [1.165, 1.54) is 16.2 Å². The third-order valence-corrected chi connectivity index (χ3v) is 11.0. The van der Waals surface area contributed by atoms with E-state index in [2.05, 4.69) is 196 Å². The second-order valence-corrected chi connectivity index (χ2v) is 13.9. The van der Waals surface area contributed by atoms with Gasteiger partial charge < -0.3 is 13.6 Å². The van der Waals surface area contributed by atoms with Crippen LogP contribution in [0.2, 0.25) is 0 Å². The lowest BCUT2D eigenvalue weighted by molar-refractivity contribution is 0.671. The fourth-order valence-electron chi connectivity index (χ4n) is 8.84. The predicted molar refractivity (Wildman–Crippen MR) is 222 cm³/mol. The molecule has 5 nitrogen and oxygen atoms in total. The van der Waals surface area contributed by atoms with Gasteiger partial charge in [0.25, 0.3) is 0 Å². The number of furan rings is 1. The molecule has 12 aromatic rings. The van der Waals surface area contributed by atoms with E-state index in [4.69, 9.17) is 9.40 Å². The van der Waals surface area contributed by atoms with Gasteiger partial charge in [-0.2, -0.15) is 0 Å². The first kappa shape index (κ1) is 29.2. The highest BCUT2D eigenvalue weighted by Gasteiger charge is 2.27. The molecule has 0 aliphatic rings. The molecule has 0 aliphatic carbocycles. The molecule has 4 heterocycles. The van der Waals surface area contributed by atoms with Crippen molar-refractivity contribution in [2.75, 3.05) is 0 Å². The van der Waals surface area contributed by atoms with Crippen LogP contribution in [0.15, 0.2) is 186 Å². The van der Waals surface area contributed by atoms with Gasteiger partial charge in [-0.15, -0.1) is 0 Å². The maximum absolute atomic E-state index is 6.95. The Bertz CT molecular complexity index is 3440. The third-order valence-electron chi connectivity index (χ3n) is 11.0. The molecule has 0 saturated heterocycles. The van der Waals surface area contributed by atoms with Crippen molar-refractivity contribution in [2.45, 2.75) is 0 Å². The first-order valence-corrected chi connectivity index (χ1v) is 18.3. The van der Waals surface area contributed by atoms with Crippen molar-refractivity contribution in [1.82, 2.24) is 18.7 Å². The summed E-state index contributed by atoms with van der Waals surface area (Å²) in [5, 5.41) is 6.96. The fraction of sp³-hybridized carbons (Fsp3) is 0. The fourth-order valence-corrected chi connectivity index (χ4v) is 8.84. The summed E-state index contributed by atoms with van der Waals surface area (Å²) in [5.41, 5.74) is 12.6. The zero-order chi connectivity index (χ0) is 35.3. The van der Waals surface area contributed by atoms with E-state index in [1.807, 2.05) is 0 Å². The SMILES string of the molecule is c1ccc(-c2nc3ccccc3n2-c2cccc(-n3c4ccccc4c4c5c6ccccc6oc5c5c(c6ccccc6n5-c5ccccc5)c43)c2)cc1. The molecule has 0 bridgehead atoms. The summed E-state index contributed by atoms with van der Waals surface area (Å²) in [6.07, 6.45) is 0. The van der Waals surface area contributed by atoms with Crippen LogP contribution in [0.1, 0.15) is 0 Å². The number of rotatable bonds is 4. The van der Waals surface area contributed by atoms with Gasteiger partial charge in [0.2, 0.25) is 0 Å². The molecule has 0 atom stereocenters. The van der Waals surface area contributed by atoms with Crippen LogP contribution in [0.3, 0.4) is 0 Å². The van der Waals surface area contributed by atoms with Crippen LogP contribution >= 0.6 is 0 Å². The topological polar surface area (TPSA) is 40.8 Å². The monoisotopic (exact) mass is 690 g/mol. The normalized spacial score (nSPS) is 12.1. The second kappa shape index (κ2) is 11.1. The van der Waals surface area contributed by atoms with Crippen LogP contribution in [-0.4, -0.2) is 18.7 Å². The van der Waals surface area contributed by atoms with Gasteiger partial charge in [-0.25, -0.2) is 4.98 Å². The highest BCUT2D eigenvalue weighted by atomic mass is 16.3. The summed E-state index contributed by atoms with van der Waals surface area (Å²) in [6.45, 7) is 0. The molecule has 252 valence electrons. The molecular formula is C49H30N4O.